The first-order valence-electron chi connectivity index (χ1n) is 4.87. The Kier molecular flexibility index (Phi) is 3.69. The minimum atomic E-state index is -0.244. The fourth-order valence-electron chi connectivity index (χ4n) is 0.947. The van der Waals surface area contributed by atoms with Gasteiger partial charge in [0.25, 0.3) is 0 Å². The lowest BCUT2D eigenvalue weighted by molar-refractivity contribution is 0.0238. The van der Waals surface area contributed by atoms with Crippen molar-refractivity contribution in [2.45, 2.75) is 26.9 Å². The molecule has 0 N–H and O–H groups in total. The van der Waals surface area contributed by atoms with E-state index < -0.39 is 0 Å². The van der Waals surface area contributed by atoms with Crippen LogP contribution in [0.3, 0.4) is 0 Å². The van der Waals surface area contributed by atoms with Crippen molar-refractivity contribution in [1.82, 2.24) is 0 Å². The number of hydrogen-bond acceptors (Lipinski definition) is 2. The van der Waals surface area contributed by atoms with E-state index in [1.807, 2.05) is 39.0 Å². The first-order chi connectivity index (χ1) is 6.61. The Morgan fingerprint density at radius 1 is 1.14 bits per heavy atom. The summed E-state index contributed by atoms with van der Waals surface area (Å²) >= 11 is 0. The Balaban J connectivity index is 2.60. The van der Waals surface area contributed by atoms with Gasteiger partial charge in [0.05, 0.1) is 5.56 Å². The number of carbonyl (C=O) groups excluding carboxylic acids is 1. The molecule has 0 amide bonds. The smallest absolute Gasteiger partial charge is 0.338 e. The average Bonchev–Trinajstić information content (AvgIpc) is 2.19. The van der Waals surface area contributed by atoms with Crippen molar-refractivity contribution < 1.29 is 9.53 Å². The Hall–Kier alpha value is -1.31. The number of hydrogen-bond donors (Lipinski definition) is 0. The highest BCUT2D eigenvalue weighted by Crippen LogP contribution is 2.09. The van der Waals surface area contributed by atoms with E-state index in [0.717, 1.165) is 0 Å². The van der Waals surface area contributed by atoms with Gasteiger partial charge < -0.3 is 4.74 Å². The molecule has 0 heterocycles. The molecule has 0 radical (unpaired) electrons. The molecular formula is C12H16O2. The van der Waals surface area contributed by atoms with E-state index in [0.29, 0.717) is 11.5 Å². The largest absolute Gasteiger partial charge is 0.459 e. The molecule has 0 aliphatic heterocycles. The molecule has 2 nitrogen and oxygen atoms in total. The third-order valence-electron chi connectivity index (χ3n) is 2.24. The summed E-state index contributed by atoms with van der Waals surface area (Å²) in [4.78, 5) is 11.5. The fourth-order valence-corrected chi connectivity index (χ4v) is 0.947. The van der Waals surface area contributed by atoms with Crippen molar-refractivity contribution in [3.05, 3.63) is 35.9 Å². The van der Waals surface area contributed by atoms with Gasteiger partial charge >= 0.3 is 5.97 Å². The van der Waals surface area contributed by atoms with Gasteiger partial charge in [0.2, 0.25) is 0 Å². The first-order valence-corrected chi connectivity index (χ1v) is 4.87. The van der Waals surface area contributed by atoms with Gasteiger partial charge in [-0.2, -0.15) is 0 Å². The minimum absolute atomic E-state index is 0.0392. The van der Waals surface area contributed by atoms with E-state index in [-0.39, 0.29) is 12.1 Å². The molecule has 0 aliphatic rings. The SMILES string of the molecule is CC(C)C(C)OC(=O)c1ccccc1. The second kappa shape index (κ2) is 4.80. The van der Waals surface area contributed by atoms with Gasteiger partial charge in [0, 0.05) is 0 Å². The molecule has 1 rings (SSSR count). The minimum Gasteiger partial charge on any atom is -0.459 e. The molecule has 1 aromatic carbocycles. The van der Waals surface area contributed by atoms with Crippen LogP contribution in [0.5, 0.6) is 0 Å². The quantitative estimate of drug-likeness (QED) is 0.688. The number of ether oxygens (including phenoxy) is 1. The predicted octanol–water partition coefficient (Wildman–Crippen LogP) is 2.89. The zero-order valence-electron chi connectivity index (χ0n) is 8.86. The van der Waals surface area contributed by atoms with Crippen LogP contribution in [0.4, 0.5) is 0 Å². The third-order valence-corrected chi connectivity index (χ3v) is 2.24. The molecule has 0 saturated heterocycles. The van der Waals surface area contributed by atoms with Crippen LogP contribution < -0.4 is 0 Å². The third kappa shape index (κ3) is 2.87. The van der Waals surface area contributed by atoms with Gasteiger partial charge in [-0.1, -0.05) is 32.0 Å². The van der Waals surface area contributed by atoms with Crippen LogP contribution in [-0.4, -0.2) is 12.1 Å². The van der Waals surface area contributed by atoms with Crippen LogP contribution in [0.2, 0.25) is 0 Å². The van der Waals surface area contributed by atoms with Crippen LogP contribution >= 0.6 is 0 Å². The summed E-state index contributed by atoms with van der Waals surface area (Å²) in [6.45, 7) is 5.97. The van der Waals surface area contributed by atoms with Crippen LogP contribution in [0.15, 0.2) is 30.3 Å². The molecule has 0 bridgehead atoms. The lowest BCUT2D eigenvalue weighted by Crippen LogP contribution is -2.20. The molecule has 76 valence electrons. The van der Waals surface area contributed by atoms with E-state index in [4.69, 9.17) is 4.74 Å². The number of esters is 1. The zero-order chi connectivity index (χ0) is 10.6. The number of benzene rings is 1. The molecule has 14 heavy (non-hydrogen) atoms. The summed E-state index contributed by atoms with van der Waals surface area (Å²) < 4.78 is 5.26. The van der Waals surface area contributed by atoms with Gasteiger partial charge in [0.15, 0.2) is 0 Å². The topological polar surface area (TPSA) is 26.3 Å². The van der Waals surface area contributed by atoms with Crippen molar-refractivity contribution in [2.75, 3.05) is 0 Å². The molecule has 0 fully saturated rings. The summed E-state index contributed by atoms with van der Waals surface area (Å²) in [6.07, 6.45) is -0.0392. The van der Waals surface area contributed by atoms with E-state index in [9.17, 15) is 4.79 Å². The maximum atomic E-state index is 11.5. The predicted molar refractivity (Wildman–Crippen MR) is 56.2 cm³/mol. The Morgan fingerprint density at radius 3 is 2.21 bits per heavy atom. The van der Waals surface area contributed by atoms with E-state index in [2.05, 4.69) is 0 Å². The Bertz CT molecular complexity index is 290. The van der Waals surface area contributed by atoms with E-state index in [1.165, 1.54) is 0 Å². The maximum absolute atomic E-state index is 11.5. The zero-order valence-corrected chi connectivity index (χ0v) is 8.86. The van der Waals surface area contributed by atoms with Crippen molar-refractivity contribution in [1.29, 1.82) is 0 Å². The summed E-state index contributed by atoms with van der Waals surface area (Å²) in [5.41, 5.74) is 0.611. The fraction of sp³-hybridized carbons (Fsp3) is 0.417. The highest BCUT2D eigenvalue weighted by atomic mass is 16.5. The van der Waals surface area contributed by atoms with Crippen molar-refractivity contribution >= 4 is 5.97 Å². The number of carbonyl (C=O) groups is 1. The summed E-state index contributed by atoms with van der Waals surface area (Å²) in [5.74, 6) is 0.106. The first kappa shape index (κ1) is 10.8. The van der Waals surface area contributed by atoms with E-state index in [1.54, 1.807) is 12.1 Å². The van der Waals surface area contributed by atoms with Gasteiger partial charge in [-0.15, -0.1) is 0 Å². The summed E-state index contributed by atoms with van der Waals surface area (Å²) in [5, 5.41) is 0. The van der Waals surface area contributed by atoms with Crippen LogP contribution in [0.25, 0.3) is 0 Å². The average molecular weight is 192 g/mol. The van der Waals surface area contributed by atoms with Crippen molar-refractivity contribution in [2.24, 2.45) is 5.92 Å². The second-order valence-corrected chi connectivity index (χ2v) is 3.72. The van der Waals surface area contributed by atoms with Crippen molar-refractivity contribution in [3.63, 3.8) is 0 Å². The molecule has 0 aliphatic carbocycles. The maximum Gasteiger partial charge on any atom is 0.338 e. The lowest BCUT2D eigenvalue weighted by atomic mass is 10.1. The molecule has 1 atom stereocenters. The van der Waals surface area contributed by atoms with Crippen LogP contribution in [-0.2, 0) is 4.74 Å². The number of rotatable bonds is 3. The van der Waals surface area contributed by atoms with Crippen molar-refractivity contribution in [3.8, 4) is 0 Å². The highest BCUT2D eigenvalue weighted by Gasteiger charge is 2.13. The molecule has 1 unspecified atom stereocenters. The van der Waals surface area contributed by atoms with Gasteiger partial charge in [-0.25, -0.2) is 4.79 Å². The standard InChI is InChI=1S/C12H16O2/c1-9(2)10(3)14-12(13)11-7-5-4-6-8-11/h4-10H,1-3H3. The highest BCUT2D eigenvalue weighted by molar-refractivity contribution is 5.89. The Morgan fingerprint density at radius 2 is 1.71 bits per heavy atom. The van der Waals surface area contributed by atoms with Gasteiger partial charge in [-0.3, -0.25) is 0 Å². The molecule has 1 aromatic rings. The summed E-state index contributed by atoms with van der Waals surface area (Å²) in [7, 11) is 0. The second-order valence-electron chi connectivity index (χ2n) is 3.72. The molecular weight excluding hydrogens is 176 g/mol. The van der Waals surface area contributed by atoms with Crippen LogP contribution in [0, 0.1) is 5.92 Å². The van der Waals surface area contributed by atoms with E-state index >= 15 is 0 Å². The van der Waals surface area contributed by atoms with Gasteiger partial charge in [-0.05, 0) is 25.0 Å². The molecule has 0 aromatic heterocycles. The normalized spacial score (nSPS) is 12.6. The monoisotopic (exact) mass is 192 g/mol. The Labute approximate surface area is 84.9 Å². The van der Waals surface area contributed by atoms with Gasteiger partial charge in [0.1, 0.15) is 6.10 Å². The molecule has 0 saturated carbocycles. The molecule has 0 spiro atoms. The summed E-state index contributed by atoms with van der Waals surface area (Å²) in [6, 6.07) is 9.06. The lowest BCUT2D eigenvalue weighted by Gasteiger charge is -2.16. The van der Waals surface area contributed by atoms with Crippen LogP contribution in [0.1, 0.15) is 31.1 Å². The molecule has 2 heteroatoms.